The summed E-state index contributed by atoms with van der Waals surface area (Å²) in [5, 5.41) is 0. The van der Waals surface area contributed by atoms with Crippen molar-refractivity contribution in [2.45, 2.75) is 40.5 Å². The fourth-order valence-electron chi connectivity index (χ4n) is 4.27. The van der Waals surface area contributed by atoms with Gasteiger partial charge in [-0.3, -0.25) is 19.2 Å². The van der Waals surface area contributed by atoms with Gasteiger partial charge in [-0.2, -0.15) is 0 Å². The third kappa shape index (κ3) is 14.9. The molecular weight excluding hydrogens is 664 g/mol. The smallest absolute Gasteiger partial charge is 0.333 e. The first-order valence-corrected chi connectivity index (χ1v) is 15.4. The Kier molecular flexibility index (Phi) is 18.5. The second-order valence-electron chi connectivity index (χ2n) is 11.2. The molecule has 0 bridgehead atoms. The molecule has 0 radical (unpaired) electrons. The molecule has 0 heterocycles. The van der Waals surface area contributed by atoms with Crippen LogP contribution in [-0.4, -0.2) is 101 Å². The fraction of sp³-hybridized carbons (Fsp3) is 0.529. The Hall–Kier alpha value is -5.28. The van der Waals surface area contributed by atoms with Gasteiger partial charge in [0.1, 0.15) is 52.9 Å². The van der Waals surface area contributed by atoms with Gasteiger partial charge in [-0.1, -0.05) is 26.3 Å². The van der Waals surface area contributed by atoms with E-state index >= 15 is 0 Å². The molecule has 0 aromatic rings. The summed E-state index contributed by atoms with van der Waals surface area (Å²) in [4.78, 5) is 99.9. The van der Waals surface area contributed by atoms with Crippen molar-refractivity contribution in [2.75, 3.05) is 52.9 Å². The number of hydrogen-bond donors (Lipinski definition) is 0. The summed E-state index contributed by atoms with van der Waals surface area (Å²) in [5.74, 6) is -12.2. The maximum absolute atomic E-state index is 13.3. The molecule has 1 aliphatic carbocycles. The van der Waals surface area contributed by atoms with Crippen LogP contribution < -0.4 is 0 Å². The maximum atomic E-state index is 13.3. The molecule has 0 aromatic carbocycles. The summed E-state index contributed by atoms with van der Waals surface area (Å²) >= 11 is 0. The lowest BCUT2D eigenvalue weighted by Crippen LogP contribution is -2.47. The largest absolute Gasteiger partial charge is 0.462 e. The van der Waals surface area contributed by atoms with Crippen molar-refractivity contribution in [2.24, 2.45) is 23.7 Å². The Morgan fingerprint density at radius 2 is 0.520 bits per heavy atom. The van der Waals surface area contributed by atoms with E-state index in [9.17, 15) is 38.4 Å². The number of rotatable bonds is 20. The summed E-state index contributed by atoms with van der Waals surface area (Å²) in [5.41, 5.74) is 0.456. The minimum Gasteiger partial charge on any atom is -0.462 e. The van der Waals surface area contributed by atoms with Crippen LogP contribution >= 0.6 is 0 Å². The van der Waals surface area contributed by atoms with Crippen molar-refractivity contribution >= 4 is 47.8 Å². The number of esters is 8. The predicted molar refractivity (Wildman–Crippen MR) is 170 cm³/mol. The molecule has 0 aliphatic heterocycles. The van der Waals surface area contributed by atoms with Gasteiger partial charge in [0.15, 0.2) is 0 Å². The molecule has 16 heteroatoms. The van der Waals surface area contributed by atoms with Crippen molar-refractivity contribution < 1.29 is 76.3 Å². The van der Waals surface area contributed by atoms with Gasteiger partial charge < -0.3 is 37.9 Å². The van der Waals surface area contributed by atoms with E-state index in [4.69, 9.17) is 37.9 Å². The molecule has 0 saturated heterocycles. The summed E-state index contributed by atoms with van der Waals surface area (Å²) in [7, 11) is 0. The van der Waals surface area contributed by atoms with Crippen LogP contribution in [0.25, 0.3) is 0 Å². The molecule has 16 nitrogen and oxygen atoms in total. The van der Waals surface area contributed by atoms with Crippen LogP contribution in [0.15, 0.2) is 48.6 Å². The van der Waals surface area contributed by atoms with Gasteiger partial charge in [-0.05, 0) is 40.5 Å². The first-order valence-electron chi connectivity index (χ1n) is 15.4. The van der Waals surface area contributed by atoms with Gasteiger partial charge in [0.2, 0.25) is 0 Å². The number of carbonyl (C=O) groups is 8. The Bertz CT molecular complexity index is 1160. The predicted octanol–water partition coefficient (Wildman–Crippen LogP) is 1.90. The van der Waals surface area contributed by atoms with Gasteiger partial charge in [-0.15, -0.1) is 0 Å². The SMILES string of the molecule is C=C(C)C(=O)OCCOC(=O)C1CC(C(=O)OCCOC(=O)C(=C)C)C(C(=O)OCCOC(=O)C(=C)C)CC1C(=O)OCCOC(=O)C(=C)C. The van der Waals surface area contributed by atoms with Crippen LogP contribution in [-0.2, 0) is 76.3 Å². The van der Waals surface area contributed by atoms with Crippen LogP contribution in [0.4, 0.5) is 0 Å². The Labute approximate surface area is 289 Å². The first-order chi connectivity index (χ1) is 23.5. The van der Waals surface area contributed by atoms with E-state index < -0.39 is 111 Å². The highest BCUT2D eigenvalue weighted by Gasteiger charge is 2.51. The maximum Gasteiger partial charge on any atom is 0.333 e. The second-order valence-corrected chi connectivity index (χ2v) is 11.2. The van der Waals surface area contributed by atoms with E-state index in [0.717, 1.165) is 0 Å². The van der Waals surface area contributed by atoms with E-state index in [2.05, 4.69) is 26.3 Å². The average molecular weight is 709 g/mol. The first kappa shape index (κ1) is 42.7. The van der Waals surface area contributed by atoms with Crippen LogP contribution in [0.1, 0.15) is 40.5 Å². The molecule has 1 fully saturated rings. The number of ether oxygens (including phenoxy) is 8. The highest BCUT2D eigenvalue weighted by atomic mass is 16.6. The van der Waals surface area contributed by atoms with Gasteiger partial charge >= 0.3 is 47.8 Å². The van der Waals surface area contributed by atoms with Crippen molar-refractivity contribution in [3.05, 3.63) is 48.6 Å². The quantitative estimate of drug-likeness (QED) is 0.0765. The standard InChI is InChI=1S/C34H44O16/c1-19(2)27(35)43-9-13-47-31(39)23-17-25(33(41)49-15-11-45-29(37)21(5)6)26(34(42)50-16-12-46-30(38)22(7)8)18-24(23)32(40)48-14-10-44-28(36)20(3)4/h23-26H,1,3,5,7,9-18H2,2,4,6,8H3. The minimum absolute atomic E-state index is 0.114. The second kappa shape index (κ2) is 21.6. The van der Waals surface area contributed by atoms with Crippen LogP contribution in [0, 0.1) is 23.7 Å². The van der Waals surface area contributed by atoms with E-state index in [1.165, 1.54) is 27.7 Å². The summed E-state index contributed by atoms with van der Waals surface area (Å²) < 4.78 is 40.7. The minimum atomic E-state index is -1.36. The monoisotopic (exact) mass is 708 g/mol. The van der Waals surface area contributed by atoms with E-state index in [1.54, 1.807) is 0 Å². The van der Waals surface area contributed by atoms with Crippen molar-refractivity contribution in [1.82, 2.24) is 0 Å². The Morgan fingerprint density at radius 1 is 0.360 bits per heavy atom. The normalized spacial score (nSPS) is 17.8. The molecule has 0 aromatic heterocycles. The molecule has 1 rings (SSSR count). The van der Waals surface area contributed by atoms with Crippen LogP contribution in [0.2, 0.25) is 0 Å². The lowest BCUT2D eigenvalue weighted by molar-refractivity contribution is -0.177. The number of carbonyl (C=O) groups excluding carboxylic acids is 8. The number of hydrogen-bond acceptors (Lipinski definition) is 16. The fourth-order valence-corrected chi connectivity index (χ4v) is 4.27. The van der Waals surface area contributed by atoms with E-state index in [1.807, 2.05) is 0 Å². The zero-order valence-electron chi connectivity index (χ0n) is 28.7. The third-order valence-corrected chi connectivity index (χ3v) is 6.84. The highest BCUT2D eigenvalue weighted by molar-refractivity contribution is 5.89. The van der Waals surface area contributed by atoms with Crippen molar-refractivity contribution in [3.8, 4) is 0 Å². The molecule has 4 atom stereocenters. The lowest BCUT2D eigenvalue weighted by Gasteiger charge is -2.36. The molecule has 0 amide bonds. The molecule has 50 heavy (non-hydrogen) atoms. The van der Waals surface area contributed by atoms with Gasteiger partial charge in [0, 0.05) is 22.3 Å². The summed E-state index contributed by atoms with van der Waals surface area (Å²) in [6, 6.07) is 0. The Balaban J connectivity index is 3.23. The zero-order chi connectivity index (χ0) is 38.0. The zero-order valence-corrected chi connectivity index (χ0v) is 28.7. The van der Waals surface area contributed by atoms with Crippen LogP contribution in [0.5, 0.6) is 0 Å². The highest BCUT2D eigenvalue weighted by Crippen LogP contribution is 2.41. The summed E-state index contributed by atoms with van der Waals surface area (Å²) in [6.07, 6.45) is -0.910. The molecule has 0 spiro atoms. The van der Waals surface area contributed by atoms with Gasteiger partial charge in [0.05, 0.1) is 23.7 Å². The molecule has 4 unspecified atom stereocenters. The molecule has 1 saturated carbocycles. The van der Waals surface area contributed by atoms with E-state index in [0.29, 0.717) is 0 Å². The van der Waals surface area contributed by atoms with Crippen molar-refractivity contribution in [3.63, 3.8) is 0 Å². The molecule has 0 N–H and O–H groups in total. The van der Waals surface area contributed by atoms with E-state index in [-0.39, 0.29) is 48.7 Å². The van der Waals surface area contributed by atoms with Crippen molar-refractivity contribution in [1.29, 1.82) is 0 Å². The van der Waals surface area contributed by atoms with Gasteiger partial charge in [-0.25, -0.2) is 19.2 Å². The van der Waals surface area contributed by atoms with Crippen LogP contribution in [0.3, 0.4) is 0 Å². The summed E-state index contributed by atoms with van der Waals surface area (Å²) in [6.45, 7) is 16.5. The Morgan fingerprint density at radius 3 is 0.680 bits per heavy atom. The molecule has 1 aliphatic rings. The topological polar surface area (TPSA) is 210 Å². The third-order valence-electron chi connectivity index (χ3n) is 6.84. The molecular formula is C34H44O16. The molecule has 276 valence electrons. The van der Waals surface area contributed by atoms with Gasteiger partial charge in [0.25, 0.3) is 0 Å². The lowest BCUT2D eigenvalue weighted by atomic mass is 9.68. The average Bonchev–Trinajstić information content (AvgIpc) is 3.06.